The molecule has 28 heavy (non-hydrogen) atoms. The molecule has 0 spiro atoms. The van der Waals surface area contributed by atoms with Crippen LogP contribution in [0.15, 0.2) is 60.0 Å². The zero-order chi connectivity index (χ0) is 19.3. The predicted octanol–water partition coefficient (Wildman–Crippen LogP) is 4.27. The number of thiophene rings is 1. The third kappa shape index (κ3) is 4.26. The van der Waals surface area contributed by atoms with Crippen molar-refractivity contribution >= 4 is 22.9 Å². The topological polar surface area (TPSA) is 48.0 Å². The van der Waals surface area contributed by atoms with E-state index in [0.717, 1.165) is 4.88 Å². The van der Waals surface area contributed by atoms with Gasteiger partial charge in [-0.15, -0.1) is 11.3 Å². The molecule has 144 valence electrons. The molecule has 1 aromatic heterocycles. The Hall–Kier alpha value is -3.06. The van der Waals surface area contributed by atoms with Gasteiger partial charge in [-0.3, -0.25) is 4.79 Å². The zero-order valence-electron chi connectivity index (χ0n) is 15.0. The standard InChI is InChI=1S/C21H18FNO4S/c22-15-3-1-4-17(11-15)27-14-21(24)23(13-18-5-2-10-28-18)16-6-7-19-20(12-16)26-9-8-25-19/h1-7,10-12H,8-9,13-14H2. The van der Waals surface area contributed by atoms with Crippen molar-refractivity contribution in [2.24, 2.45) is 0 Å². The molecule has 2 heterocycles. The van der Waals surface area contributed by atoms with Crippen LogP contribution in [0.5, 0.6) is 17.2 Å². The third-order valence-electron chi connectivity index (χ3n) is 4.19. The number of anilines is 1. The highest BCUT2D eigenvalue weighted by Gasteiger charge is 2.21. The summed E-state index contributed by atoms with van der Waals surface area (Å²) in [7, 11) is 0. The quantitative estimate of drug-likeness (QED) is 0.621. The molecule has 4 rings (SSSR count). The van der Waals surface area contributed by atoms with E-state index >= 15 is 0 Å². The molecular formula is C21H18FNO4S. The first-order valence-corrected chi connectivity index (χ1v) is 9.68. The fraction of sp³-hybridized carbons (Fsp3) is 0.190. The number of rotatable bonds is 6. The van der Waals surface area contributed by atoms with Crippen molar-refractivity contribution in [2.45, 2.75) is 6.54 Å². The number of benzene rings is 2. The molecule has 7 heteroatoms. The summed E-state index contributed by atoms with van der Waals surface area (Å²) in [6, 6.07) is 15.1. The Morgan fingerprint density at radius 1 is 1.07 bits per heavy atom. The van der Waals surface area contributed by atoms with Gasteiger partial charge in [0, 0.05) is 22.7 Å². The summed E-state index contributed by atoms with van der Waals surface area (Å²) < 4.78 is 30.0. The van der Waals surface area contributed by atoms with E-state index < -0.39 is 5.82 Å². The zero-order valence-corrected chi connectivity index (χ0v) is 15.8. The average Bonchev–Trinajstić information content (AvgIpc) is 3.23. The Bertz CT molecular complexity index is 961. The molecule has 0 aliphatic carbocycles. The SMILES string of the molecule is O=C(COc1cccc(F)c1)N(Cc1cccs1)c1ccc2c(c1)OCCO2. The summed E-state index contributed by atoms with van der Waals surface area (Å²) in [5, 5.41) is 1.96. The molecule has 3 aromatic rings. The molecule has 1 aliphatic heterocycles. The minimum Gasteiger partial charge on any atom is -0.486 e. The van der Waals surface area contributed by atoms with Crippen LogP contribution in [0.2, 0.25) is 0 Å². The second-order valence-electron chi connectivity index (χ2n) is 6.13. The lowest BCUT2D eigenvalue weighted by Crippen LogP contribution is -2.34. The second-order valence-corrected chi connectivity index (χ2v) is 7.17. The molecule has 1 aliphatic rings. The summed E-state index contributed by atoms with van der Waals surface area (Å²) in [5.41, 5.74) is 0.686. The first kappa shape index (κ1) is 18.3. The molecule has 0 fully saturated rings. The number of carbonyl (C=O) groups is 1. The van der Waals surface area contributed by atoms with Crippen molar-refractivity contribution in [1.29, 1.82) is 0 Å². The summed E-state index contributed by atoms with van der Waals surface area (Å²) >= 11 is 1.57. The van der Waals surface area contributed by atoms with Crippen LogP contribution in [0.3, 0.4) is 0 Å². The average molecular weight is 399 g/mol. The molecular weight excluding hydrogens is 381 g/mol. The minimum absolute atomic E-state index is 0.205. The van der Waals surface area contributed by atoms with E-state index in [1.807, 2.05) is 23.6 Å². The van der Waals surface area contributed by atoms with E-state index in [1.54, 1.807) is 40.5 Å². The van der Waals surface area contributed by atoms with E-state index in [2.05, 4.69) is 0 Å². The molecule has 0 unspecified atom stereocenters. The second kappa shape index (κ2) is 8.31. The molecule has 5 nitrogen and oxygen atoms in total. The lowest BCUT2D eigenvalue weighted by molar-refractivity contribution is -0.120. The van der Waals surface area contributed by atoms with Crippen LogP contribution in [0.25, 0.3) is 0 Å². The van der Waals surface area contributed by atoms with E-state index in [0.29, 0.717) is 42.7 Å². The van der Waals surface area contributed by atoms with Gasteiger partial charge in [0.2, 0.25) is 0 Å². The van der Waals surface area contributed by atoms with Crippen molar-refractivity contribution in [3.8, 4) is 17.2 Å². The summed E-state index contributed by atoms with van der Waals surface area (Å²) in [6.45, 7) is 1.18. The van der Waals surface area contributed by atoms with Gasteiger partial charge < -0.3 is 19.1 Å². The molecule has 0 bridgehead atoms. The number of carbonyl (C=O) groups excluding carboxylic acids is 1. The van der Waals surface area contributed by atoms with Crippen molar-refractivity contribution in [2.75, 3.05) is 24.7 Å². The van der Waals surface area contributed by atoms with Gasteiger partial charge in [0.25, 0.3) is 5.91 Å². The lowest BCUT2D eigenvalue weighted by Gasteiger charge is -2.25. The lowest BCUT2D eigenvalue weighted by atomic mass is 10.2. The fourth-order valence-electron chi connectivity index (χ4n) is 2.86. The highest BCUT2D eigenvalue weighted by atomic mass is 32.1. The van der Waals surface area contributed by atoms with Gasteiger partial charge in [-0.05, 0) is 35.7 Å². The highest BCUT2D eigenvalue weighted by Crippen LogP contribution is 2.34. The Morgan fingerprint density at radius 3 is 2.71 bits per heavy atom. The molecule has 2 aromatic carbocycles. The van der Waals surface area contributed by atoms with Crippen LogP contribution >= 0.6 is 11.3 Å². The van der Waals surface area contributed by atoms with Gasteiger partial charge in [0.15, 0.2) is 18.1 Å². The summed E-state index contributed by atoms with van der Waals surface area (Å²) in [6.07, 6.45) is 0. The maximum Gasteiger partial charge on any atom is 0.265 e. The Morgan fingerprint density at radius 2 is 1.93 bits per heavy atom. The van der Waals surface area contributed by atoms with Crippen LogP contribution in [0, 0.1) is 5.82 Å². The van der Waals surface area contributed by atoms with E-state index in [4.69, 9.17) is 14.2 Å². The third-order valence-corrected chi connectivity index (χ3v) is 5.05. The Kier molecular flexibility index (Phi) is 5.43. The van der Waals surface area contributed by atoms with Crippen molar-refractivity contribution in [3.05, 3.63) is 70.7 Å². The molecule has 0 atom stereocenters. The summed E-state index contributed by atoms with van der Waals surface area (Å²) in [4.78, 5) is 15.6. The van der Waals surface area contributed by atoms with Crippen LogP contribution < -0.4 is 19.1 Å². The van der Waals surface area contributed by atoms with Crippen LogP contribution in [-0.4, -0.2) is 25.7 Å². The highest BCUT2D eigenvalue weighted by molar-refractivity contribution is 7.09. The largest absolute Gasteiger partial charge is 0.486 e. The van der Waals surface area contributed by atoms with Gasteiger partial charge in [-0.2, -0.15) is 0 Å². The number of hydrogen-bond acceptors (Lipinski definition) is 5. The van der Waals surface area contributed by atoms with Gasteiger partial charge >= 0.3 is 0 Å². The number of ether oxygens (including phenoxy) is 3. The van der Waals surface area contributed by atoms with Crippen molar-refractivity contribution in [1.82, 2.24) is 0 Å². The van der Waals surface area contributed by atoms with Gasteiger partial charge in [-0.25, -0.2) is 4.39 Å². The maximum absolute atomic E-state index is 13.3. The molecule has 0 radical (unpaired) electrons. The van der Waals surface area contributed by atoms with E-state index in [1.165, 1.54) is 12.1 Å². The number of hydrogen-bond donors (Lipinski definition) is 0. The molecule has 0 saturated heterocycles. The fourth-order valence-corrected chi connectivity index (χ4v) is 3.55. The minimum atomic E-state index is -0.410. The van der Waals surface area contributed by atoms with E-state index in [9.17, 15) is 9.18 Å². The normalized spacial score (nSPS) is 12.5. The predicted molar refractivity (Wildman–Crippen MR) is 105 cm³/mol. The molecule has 0 N–H and O–H groups in total. The molecule has 1 amide bonds. The van der Waals surface area contributed by atoms with Crippen LogP contribution in [-0.2, 0) is 11.3 Å². The van der Waals surface area contributed by atoms with E-state index in [-0.39, 0.29) is 12.5 Å². The van der Waals surface area contributed by atoms with Gasteiger partial charge in [0.1, 0.15) is 24.8 Å². The van der Waals surface area contributed by atoms with Gasteiger partial charge in [0.05, 0.1) is 6.54 Å². The van der Waals surface area contributed by atoms with Crippen molar-refractivity contribution < 1.29 is 23.4 Å². The van der Waals surface area contributed by atoms with Crippen LogP contribution in [0.1, 0.15) is 4.88 Å². The van der Waals surface area contributed by atoms with Crippen molar-refractivity contribution in [3.63, 3.8) is 0 Å². The number of fused-ring (bicyclic) bond motifs is 1. The monoisotopic (exact) mass is 399 g/mol. The Balaban J connectivity index is 1.55. The van der Waals surface area contributed by atoms with Crippen LogP contribution in [0.4, 0.5) is 10.1 Å². The number of halogens is 1. The number of amides is 1. The maximum atomic E-state index is 13.3. The smallest absolute Gasteiger partial charge is 0.265 e. The first-order chi connectivity index (χ1) is 13.7. The van der Waals surface area contributed by atoms with Gasteiger partial charge in [-0.1, -0.05) is 12.1 Å². The number of nitrogens with zero attached hydrogens (tertiary/aromatic N) is 1. The first-order valence-electron chi connectivity index (χ1n) is 8.80. The molecule has 0 saturated carbocycles. The summed E-state index contributed by atoms with van der Waals surface area (Å²) in [5.74, 6) is 0.932. The Labute approximate surface area is 165 Å².